The molecule has 5 heteroatoms. The van der Waals surface area contributed by atoms with Crippen LogP contribution >= 0.6 is 11.6 Å². The van der Waals surface area contributed by atoms with Crippen molar-refractivity contribution in [2.24, 2.45) is 0 Å². The second-order valence-electron chi connectivity index (χ2n) is 2.08. The molecule has 1 radical (unpaired) electrons. The van der Waals surface area contributed by atoms with Gasteiger partial charge in [0.2, 0.25) is 0 Å². The SMILES string of the molecule is Clc1cnc(-n2c[c]cn2)cn1. The lowest BCUT2D eigenvalue weighted by Crippen LogP contribution is -1.97. The summed E-state index contributed by atoms with van der Waals surface area (Å²) in [6, 6.07) is 2.79. The summed E-state index contributed by atoms with van der Waals surface area (Å²) in [5, 5.41) is 4.30. The van der Waals surface area contributed by atoms with Gasteiger partial charge in [-0.25, -0.2) is 14.6 Å². The fourth-order valence-corrected chi connectivity index (χ4v) is 0.879. The van der Waals surface area contributed by atoms with Crippen LogP contribution in [0.5, 0.6) is 0 Å². The molecule has 0 spiro atoms. The zero-order chi connectivity index (χ0) is 8.39. The van der Waals surface area contributed by atoms with E-state index in [9.17, 15) is 0 Å². The number of hydrogen-bond donors (Lipinski definition) is 0. The van der Waals surface area contributed by atoms with Gasteiger partial charge in [-0.1, -0.05) is 11.6 Å². The molecule has 0 unspecified atom stereocenters. The zero-order valence-electron chi connectivity index (χ0n) is 5.98. The summed E-state index contributed by atoms with van der Waals surface area (Å²) in [6.07, 6.45) is 6.23. The standard InChI is InChI=1S/C7H4ClN4/c8-6-4-10-7(5-9-6)12-3-1-2-11-12/h2-5H. The summed E-state index contributed by atoms with van der Waals surface area (Å²) in [4.78, 5) is 7.87. The first-order chi connectivity index (χ1) is 5.86. The van der Waals surface area contributed by atoms with Gasteiger partial charge in [0.1, 0.15) is 5.15 Å². The van der Waals surface area contributed by atoms with Crippen molar-refractivity contribution in [1.29, 1.82) is 0 Å². The Bertz CT molecular complexity index is 353. The zero-order valence-corrected chi connectivity index (χ0v) is 6.73. The molecule has 2 aromatic heterocycles. The first kappa shape index (κ1) is 7.24. The molecule has 0 atom stereocenters. The van der Waals surface area contributed by atoms with E-state index in [1.165, 1.54) is 6.20 Å². The predicted molar refractivity (Wildman–Crippen MR) is 43.0 cm³/mol. The summed E-state index contributed by atoms with van der Waals surface area (Å²) in [5.74, 6) is 0.626. The Balaban J connectivity index is 2.43. The maximum atomic E-state index is 5.56. The minimum Gasteiger partial charge on any atom is -0.239 e. The number of rotatable bonds is 1. The third-order valence-corrected chi connectivity index (χ3v) is 1.49. The molecule has 0 amide bonds. The van der Waals surface area contributed by atoms with Crippen LogP contribution in [-0.2, 0) is 0 Å². The smallest absolute Gasteiger partial charge is 0.171 e. The van der Waals surface area contributed by atoms with E-state index in [2.05, 4.69) is 21.1 Å². The van der Waals surface area contributed by atoms with E-state index in [0.29, 0.717) is 11.0 Å². The summed E-state index contributed by atoms with van der Waals surface area (Å²) in [6.45, 7) is 0. The first-order valence-electron chi connectivity index (χ1n) is 3.25. The van der Waals surface area contributed by atoms with Gasteiger partial charge in [0.25, 0.3) is 0 Å². The first-order valence-corrected chi connectivity index (χ1v) is 3.63. The Morgan fingerprint density at radius 3 is 2.83 bits per heavy atom. The fourth-order valence-electron chi connectivity index (χ4n) is 0.782. The topological polar surface area (TPSA) is 43.6 Å². The molecular formula is C7H4ClN4. The summed E-state index contributed by atoms with van der Waals surface area (Å²) in [5.41, 5.74) is 0. The van der Waals surface area contributed by atoms with Crippen LogP contribution in [0.3, 0.4) is 0 Å². The molecular weight excluding hydrogens is 176 g/mol. The molecule has 2 aromatic rings. The van der Waals surface area contributed by atoms with Crippen molar-refractivity contribution in [3.63, 3.8) is 0 Å². The van der Waals surface area contributed by atoms with Crippen LogP contribution in [-0.4, -0.2) is 19.7 Å². The van der Waals surface area contributed by atoms with E-state index >= 15 is 0 Å². The van der Waals surface area contributed by atoms with Crippen molar-refractivity contribution in [3.8, 4) is 5.82 Å². The largest absolute Gasteiger partial charge is 0.239 e. The van der Waals surface area contributed by atoms with Crippen LogP contribution in [0.15, 0.2) is 24.8 Å². The van der Waals surface area contributed by atoms with Gasteiger partial charge in [-0.05, 0) is 0 Å². The van der Waals surface area contributed by atoms with Gasteiger partial charge in [0.05, 0.1) is 18.6 Å². The normalized spacial score (nSPS) is 10.1. The van der Waals surface area contributed by atoms with Crippen molar-refractivity contribution in [2.45, 2.75) is 0 Å². The van der Waals surface area contributed by atoms with Gasteiger partial charge in [-0.15, -0.1) is 0 Å². The number of hydrogen-bond acceptors (Lipinski definition) is 3. The minimum atomic E-state index is 0.370. The van der Waals surface area contributed by atoms with E-state index in [1.54, 1.807) is 23.3 Å². The van der Waals surface area contributed by atoms with E-state index < -0.39 is 0 Å². The van der Waals surface area contributed by atoms with Gasteiger partial charge in [-0.3, -0.25) is 0 Å². The maximum Gasteiger partial charge on any atom is 0.171 e. The molecule has 2 rings (SSSR count). The Kier molecular flexibility index (Phi) is 1.75. The molecule has 0 saturated heterocycles. The number of halogens is 1. The van der Waals surface area contributed by atoms with E-state index in [4.69, 9.17) is 11.6 Å². The molecule has 0 aliphatic heterocycles. The van der Waals surface area contributed by atoms with Gasteiger partial charge in [0, 0.05) is 12.3 Å². The van der Waals surface area contributed by atoms with Crippen LogP contribution in [0.25, 0.3) is 5.82 Å². The predicted octanol–water partition coefficient (Wildman–Crippen LogP) is 1.12. The second kappa shape index (κ2) is 2.91. The molecule has 2 heterocycles. The van der Waals surface area contributed by atoms with E-state index in [1.807, 2.05) is 0 Å². The highest BCUT2D eigenvalue weighted by Gasteiger charge is 1.96. The Labute approximate surface area is 73.8 Å². The highest BCUT2D eigenvalue weighted by molar-refractivity contribution is 6.29. The Hall–Kier alpha value is -1.42. The Morgan fingerprint density at radius 1 is 1.33 bits per heavy atom. The minimum absolute atomic E-state index is 0.370. The lowest BCUT2D eigenvalue weighted by Gasteiger charge is -1.97. The van der Waals surface area contributed by atoms with Crippen LogP contribution in [0.4, 0.5) is 0 Å². The van der Waals surface area contributed by atoms with Gasteiger partial charge in [-0.2, -0.15) is 5.10 Å². The Morgan fingerprint density at radius 2 is 2.25 bits per heavy atom. The summed E-state index contributed by atoms with van der Waals surface area (Å²) in [7, 11) is 0. The molecule has 0 aliphatic rings. The number of aromatic nitrogens is 4. The van der Waals surface area contributed by atoms with Crippen LogP contribution in [0.2, 0.25) is 5.15 Å². The van der Waals surface area contributed by atoms with Crippen molar-refractivity contribution in [2.75, 3.05) is 0 Å². The lowest BCUT2D eigenvalue weighted by molar-refractivity contribution is 0.838. The third kappa shape index (κ3) is 1.29. The molecule has 59 valence electrons. The molecule has 4 nitrogen and oxygen atoms in total. The van der Waals surface area contributed by atoms with Crippen LogP contribution in [0.1, 0.15) is 0 Å². The molecule has 0 aliphatic carbocycles. The third-order valence-electron chi connectivity index (χ3n) is 1.29. The molecule has 0 aromatic carbocycles. The second-order valence-corrected chi connectivity index (χ2v) is 2.47. The molecule has 0 saturated carbocycles. The molecule has 0 N–H and O–H groups in total. The summed E-state index contributed by atoms with van der Waals surface area (Å²) >= 11 is 5.56. The van der Waals surface area contributed by atoms with Gasteiger partial charge >= 0.3 is 0 Å². The molecule has 0 bridgehead atoms. The van der Waals surface area contributed by atoms with Crippen molar-refractivity contribution >= 4 is 11.6 Å². The fraction of sp³-hybridized carbons (Fsp3) is 0. The van der Waals surface area contributed by atoms with Gasteiger partial charge < -0.3 is 0 Å². The molecule has 12 heavy (non-hydrogen) atoms. The van der Waals surface area contributed by atoms with Crippen molar-refractivity contribution in [3.05, 3.63) is 36.0 Å². The monoisotopic (exact) mass is 179 g/mol. The average molecular weight is 180 g/mol. The van der Waals surface area contributed by atoms with Crippen molar-refractivity contribution < 1.29 is 0 Å². The maximum absolute atomic E-state index is 5.56. The van der Waals surface area contributed by atoms with E-state index in [-0.39, 0.29) is 0 Å². The number of nitrogens with zero attached hydrogens (tertiary/aromatic N) is 4. The quantitative estimate of drug-likeness (QED) is 0.659. The average Bonchev–Trinajstić information content (AvgIpc) is 2.58. The highest BCUT2D eigenvalue weighted by atomic mass is 35.5. The van der Waals surface area contributed by atoms with Crippen molar-refractivity contribution in [1.82, 2.24) is 19.7 Å². The van der Waals surface area contributed by atoms with Crippen LogP contribution < -0.4 is 0 Å². The highest BCUT2D eigenvalue weighted by Crippen LogP contribution is 2.03. The van der Waals surface area contributed by atoms with Gasteiger partial charge in [0.15, 0.2) is 5.82 Å². The van der Waals surface area contributed by atoms with Crippen LogP contribution in [0, 0.1) is 6.07 Å². The lowest BCUT2D eigenvalue weighted by atomic mass is 10.6. The summed E-state index contributed by atoms with van der Waals surface area (Å²) < 4.78 is 1.56. The van der Waals surface area contributed by atoms with E-state index in [0.717, 1.165) is 0 Å². The molecule has 0 fully saturated rings.